The molecule has 0 aliphatic carbocycles. The number of benzene rings is 1. The van der Waals surface area contributed by atoms with E-state index in [-0.39, 0.29) is 12.4 Å². The minimum Gasteiger partial charge on any atom is -0.302 e. The first-order valence-corrected chi connectivity index (χ1v) is 8.61. The fourth-order valence-corrected chi connectivity index (χ4v) is 4.02. The van der Waals surface area contributed by atoms with E-state index in [4.69, 9.17) is 16.7 Å². The molecule has 6 heteroatoms. The predicted molar refractivity (Wildman–Crippen MR) is 99.3 cm³/mol. The zero-order valence-electron chi connectivity index (χ0n) is 13.1. The van der Waals surface area contributed by atoms with Crippen LogP contribution in [0, 0.1) is 0 Å². The molecule has 0 saturated heterocycles. The molecule has 3 rings (SSSR count). The molecule has 0 unspecified atom stereocenters. The zero-order valence-corrected chi connectivity index (χ0v) is 15.5. The van der Waals surface area contributed by atoms with Gasteiger partial charge in [0.15, 0.2) is 0 Å². The Hall–Kier alpha value is -0.680. The van der Waals surface area contributed by atoms with Gasteiger partial charge >= 0.3 is 0 Å². The van der Waals surface area contributed by atoms with Crippen LogP contribution in [0.25, 0.3) is 17.0 Å². The maximum absolute atomic E-state index is 6.36. The Labute approximate surface area is 147 Å². The van der Waals surface area contributed by atoms with E-state index in [1.165, 1.54) is 15.8 Å². The monoisotopic (exact) mass is 357 g/mol. The molecular formula is C16H21Cl2N3S. The molecule has 0 bridgehead atoms. The van der Waals surface area contributed by atoms with Crippen molar-refractivity contribution in [3.63, 3.8) is 0 Å². The second-order valence-electron chi connectivity index (χ2n) is 5.26. The van der Waals surface area contributed by atoms with Gasteiger partial charge in [-0.15, -0.1) is 12.4 Å². The average Bonchev–Trinajstić information content (AvgIpc) is 2.82. The number of thioether (sulfide) groups is 1. The van der Waals surface area contributed by atoms with E-state index in [1.54, 1.807) is 11.8 Å². The van der Waals surface area contributed by atoms with E-state index < -0.39 is 0 Å². The average molecular weight is 358 g/mol. The van der Waals surface area contributed by atoms with Gasteiger partial charge in [-0.1, -0.05) is 37.2 Å². The van der Waals surface area contributed by atoms with Gasteiger partial charge in [0, 0.05) is 16.8 Å². The largest absolute Gasteiger partial charge is 0.302 e. The summed E-state index contributed by atoms with van der Waals surface area (Å²) in [5.74, 6) is 0. The summed E-state index contributed by atoms with van der Waals surface area (Å²) in [5.41, 5.74) is 2.24. The fraction of sp³-hybridized carbons (Fsp3) is 0.438. The maximum Gasteiger partial charge on any atom is 0.0949 e. The van der Waals surface area contributed by atoms with Crippen molar-refractivity contribution >= 4 is 52.7 Å². The molecule has 2 aromatic rings. The lowest BCUT2D eigenvalue weighted by atomic mass is 10.2. The Morgan fingerprint density at radius 2 is 2.00 bits per heavy atom. The molecule has 3 nitrogen and oxygen atoms in total. The Balaban J connectivity index is 0.00000176. The fourth-order valence-electron chi connectivity index (χ4n) is 2.77. The summed E-state index contributed by atoms with van der Waals surface area (Å²) in [6.45, 7) is 10.6. The Morgan fingerprint density at radius 3 is 2.68 bits per heavy atom. The lowest BCUT2D eigenvalue weighted by Gasteiger charge is -2.17. The number of nitrogens with zero attached hydrogens (tertiary/aromatic N) is 3. The molecule has 0 atom stereocenters. The van der Waals surface area contributed by atoms with Gasteiger partial charge in [0.1, 0.15) is 0 Å². The molecule has 0 amide bonds. The van der Waals surface area contributed by atoms with Gasteiger partial charge in [0.2, 0.25) is 0 Å². The summed E-state index contributed by atoms with van der Waals surface area (Å²) in [4.78, 5) is 4.81. The predicted octanol–water partition coefficient (Wildman–Crippen LogP) is 4.92. The lowest BCUT2D eigenvalue weighted by Crippen LogP contribution is -2.27. The number of hydrogen-bond acceptors (Lipinski definition) is 3. The third-order valence-corrected chi connectivity index (χ3v) is 5.47. The van der Waals surface area contributed by atoms with Crippen LogP contribution in [0.3, 0.4) is 0 Å². The van der Waals surface area contributed by atoms with Crippen LogP contribution in [0.2, 0.25) is 5.02 Å². The smallest absolute Gasteiger partial charge is 0.0949 e. The molecule has 1 aliphatic rings. The highest BCUT2D eigenvalue weighted by Gasteiger charge is 2.20. The lowest BCUT2D eigenvalue weighted by molar-refractivity contribution is 0.287. The van der Waals surface area contributed by atoms with E-state index in [2.05, 4.69) is 42.5 Å². The van der Waals surface area contributed by atoms with Gasteiger partial charge < -0.3 is 4.90 Å². The first-order valence-electron chi connectivity index (χ1n) is 7.41. The summed E-state index contributed by atoms with van der Waals surface area (Å²) in [6.07, 6.45) is 2.16. The number of aromatic nitrogens is 2. The molecule has 0 N–H and O–H groups in total. The van der Waals surface area contributed by atoms with Crippen molar-refractivity contribution in [2.24, 2.45) is 0 Å². The third-order valence-electron chi connectivity index (χ3n) is 3.98. The minimum atomic E-state index is 0. The zero-order chi connectivity index (χ0) is 15.0. The molecule has 120 valence electrons. The van der Waals surface area contributed by atoms with Crippen LogP contribution < -0.4 is 0 Å². The first-order chi connectivity index (χ1) is 10.1. The Bertz CT molecular complexity index is 705. The van der Waals surface area contributed by atoms with Crippen LogP contribution in [0.4, 0.5) is 0 Å². The van der Waals surface area contributed by atoms with E-state index in [1.807, 2.05) is 6.07 Å². The summed E-state index contributed by atoms with van der Waals surface area (Å²) in [7, 11) is 0. The van der Waals surface area contributed by atoms with E-state index in [9.17, 15) is 0 Å². The van der Waals surface area contributed by atoms with Crippen LogP contribution >= 0.6 is 35.8 Å². The summed E-state index contributed by atoms with van der Waals surface area (Å²) in [6, 6.07) is 4.08. The Morgan fingerprint density at radius 1 is 1.27 bits per heavy atom. The molecule has 0 spiro atoms. The van der Waals surface area contributed by atoms with Crippen LogP contribution in [-0.4, -0.2) is 34.3 Å². The van der Waals surface area contributed by atoms with Crippen molar-refractivity contribution in [3.05, 3.63) is 27.8 Å². The van der Waals surface area contributed by atoms with Gasteiger partial charge in [-0.05, 0) is 43.1 Å². The second-order valence-corrected chi connectivity index (χ2v) is 6.93. The molecular weight excluding hydrogens is 337 g/mol. The van der Waals surface area contributed by atoms with E-state index in [0.29, 0.717) is 0 Å². The molecule has 1 aromatic heterocycles. The summed E-state index contributed by atoms with van der Waals surface area (Å²) in [5, 5.41) is 6.82. The van der Waals surface area contributed by atoms with Crippen LogP contribution in [-0.2, 0) is 6.54 Å². The molecule has 0 radical (unpaired) electrons. The number of likely N-dealkylation sites (N-methyl/N-ethyl adjacent to an activating group) is 1. The first kappa shape index (κ1) is 17.7. The van der Waals surface area contributed by atoms with E-state index in [0.717, 1.165) is 41.8 Å². The van der Waals surface area contributed by atoms with Crippen LogP contribution in [0.1, 0.15) is 26.5 Å². The molecule has 2 heterocycles. The quantitative estimate of drug-likeness (QED) is 0.757. The number of allylic oxidation sites excluding steroid dienone is 1. The highest BCUT2D eigenvalue weighted by atomic mass is 35.5. The number of hydrogen-bond donors (Lipinski definition) is 0. The van der Waals surface area contributed by atoms with Crippen LogP contribution in [0.15, 0.2) is 21.9 Å². The van der Waals surface area contributed by atoms with Gasteiger partial charge in [-0.25, -0.2) is 0 Å². The van der Waals surface area contributed by atoms with Gasteiger partial charge in [0.25, 0.3) is 0 Å². The number of rotatable bonds is 5. The second kappa shape index (κ2) is 7.26. The SMILES string of the molecule is CCN(CC)CCn1nc2c3c(c(Cl)ccc31)SC(C)=C2.Cl. The van der Waals surface area contributed by atoms with Gasteiger partial charge in [-0.2, -0.15) is 5.10 Å². The van der Waals surface area contributed by atoms with Crippen LogP contribution in [0.5, 0.6) is 0 Å². The van der Waals surface area contributed by atoms with E-state index >= 15 is 0 Å². The van der Waals surface area contributed by atoms with Crippen molar-refractivity contribution in [1.82, 2.24) is 14.7 Å². The Kier molecular flexibility index (Phi) is 5.83. The molecule has 0 saturated carbocycles. The van der Waals surface area contributed by atoms with Crippen molar-refractivity contribution < 1.29 is 0 Å². The van der Waals surface area contributed by atoms with Gasteiger partial charge in [-0.3, -0.25) is 4.68 Å². The van der Waals surface area contributed by atoms with Crippen molar-refractivity contribution in [2.45, 2.75) is 32.2 Å². The highest BCUT2D eigenvalue weighted by molar-refractivity contribution is 8.03. The topological polar surface area (TPSA) is 21.1 Å². The third kappa shape index (κ3) is 3.16. The maximum atomic E-state index is 6.36. The van der Waals surface area contributed by atoms with Crippen molar-refractivity contribution in [3.8, 4) is 0 Å². The molecule has 22 heavy (non-hydrogen) atoms. The molecule has 0 fully saturated rings. The summed E-state index contributed by atoms with van der Waals surface area (Å²) < 4.78 is 2.12. The van der Waals surface area contributed by atoms with Crippen molar-refractivity contribution in [1.29, 1.82) is 0 Å². The standard InChI is InChI=1S/C16H20ClN3S.ClH/c1-4-19(5-2)8-9-20-14-7-6-12(17)16-15(14)13(18-20)10-11(3)21-16;/h6-7,10H,4-5,8-9H2,1-3H3;1H. The summed E-state index contributed by atoms with van der Waals surface area (Å²) >= 11 is 8.11. The van der Waals surface area contributed by atoms with Crippen molar-refractivity contribution in [2.75, 3.05) is 19.6 Å². The number of halogens is 2. The highest BCUT2D eigenvalue weighted by Crippen LogP contribution is 2.44. The molecule has 1 aliphatic heterocycles. The minimum absolute atomic E-state index is 0. The molecule has 1 aromatic carbocycles. The van der Waals surface area contributed by atoms with Gasteiger partial charge in [0.05, 0.1) is 22.8 Å². The normalized spacial score (nSPS) is 13.4.